The molecule has 1 aliphatic heterocycles. The van der Waals surface area contributed by atoms with E-state index in [-0.39, 0.29) is 29.4 Å². The van der Waals surface area contributed by atoms with Crippen LogP contribution in [0.15, 0.2) is 48.5 Å². The van der Waals surface area contributed by atoms with Gasteiger partial charge in [-0.05, 0) is 49.6 Å². The first-order chi connectivity index (χ1) is 13.8. The van der Waals surface area contributed by atoms with Gasteiger partial charge in [0.25, 0.3) is 5.69 Å². The Bertz CT molecular complexity index is 889. The van der Waals surface area contributed by atoms with Crippen LogP contribution >= 0.6 is 0 Å². The third-order valence-electron chi connectivity index (χ3n) is 5.64. The molecular formula is C22H26FN3O3. The quantitative estimate of drug-likeness (QED) is 0.540. The number of nitrogens with zero attached hydrogens (tertiary/aromatic N) is 3. The van der Waals surface area contributed by atoms with Crippen LogP contribution in [-0.4, -0.2) is 40.8 Å². The van der Waals surface area contributed by atoms with E-state index in [1.54, 1.807) is 30.1 Å². The van der Waals surface area contributed by atoms with Crippen molar-refractivity contribution in [2.24, 2.45) is 5.92 Å². The third-order valence-corrected chi connectivity index (χ3v) is 5.64. The molecule has 154 valence electrons. The summed E-state index contributed by atoms with van der Waals surface area (Å²) in [6.07, 6.45) is 1.72. The number of carbonyl (C=O) groups excluding carboxylic acids is 1. The molecule has 0 N–H and O–H groups in total. The summed E-state index contributed by atoms with van der Waals surface area (Å²) in [6.45, 7) is 4.00. The van der Waals surface area contributed by atoms with E-state index in [1.807, 2.05) is 13.0 Å². The van der Waals surface area contributed by atoms with Gasteiger partial charge in [-0.15, -0.1) is 0 Å². The van der Waals surface area contributed by atoms with Gasteiger partial charge in [0.1, 0.15) is 5.82 Å². The minimum Gasteiger partial charge on any atom is -0.339 e. The second-order valence-electron chi connectivity index (χ2n) is 7.68. The van der Waals surface area contributed by atoms with Crippen LogP contribution in [0.3, 0.4) is 0 Å². The zero-order chi connectivity index (χ0) is 21.0. The molecule has 2 aromatic carbocycles. The molecule has 0 saturated carbocycles. The van der Waals surface area contributed by atoms with Crippen LogP contribution in [0.4, 0.5) is 10.1 Å². The van der Waals surface area contributed by atoms with E-state index in [1.165, 1.54) is 24.3 Å². The lowest BCUT2D eigenvalue weighted by Crippen LogP contribution is -2.44. The summed E-state index contributed by atoms with van der Waals surface area (Å²) in [5, 5.41) is 11.0. The maximum absolute atomic E-state index is 13.4. The van der Waals surface area contributed by atoms with Crippen molar-refractivity contribution >= 4 is 11.6 Å². The Kier molecular flexibility index (Phi) is 6.59. The van der Waals surface area contributed by atoms with Crippen molar-refractivity contribution in [3.63, 3.8) is 0 Å². The highest BCUT2D eigenvalue weighted by Crippen LogP contribution is 2.27. The van der Waals surface area contributed by atoms with Gasteiger partial charge in [-0.3, -0.25) is 19.8 Å². The van der Waals surface area contributed by atoms with E-state index in [0.29, 0.717) is 13.1 Å². The Balaban J connectivity index is 1.65. The summed E-state index contributed by atoms with van der Waals surface area (Å²) in [5.74, 6) is -0.353. The van der Waals surface area contributed by atoms with Crippen LogP contribution in [0.25, 0.3) is 0 Å². The van der Waals surface area contributed by atoms with Gasteiger partial charge < -0.3 is 4.90 Å². The number of piperidine rings is 1. The number of benzene rings is 2. The summed E-state index contributed by atoms with van der Waals surface area (Å²) in [7, 11) is 1.75. The molecule has 1 fully saturated rings. The largest absolute Gasteiger partial charge is 0.339 e. The standard InChI is InChI=1S/C22H26FN3O3/c1-16(18-7-4-10-21(13-18)26(28)29)24(2)22(27)19-8-5-11-25(15-19)14-17-6-3-9-20(23)12-17/h3-4,6-7,9-10,12-13,16,19H,5,8,11,14-15H2,1-2H3. The number of nitro benzene ring substituents is 1. The fourth-order valence-electron chi connectivity index (χ4n) is 3.89. The highest BCUT2D eigenvalue weighted by Gasteiger charge is 2.30. The lowest BCUT2D eigenvalue weighted by Gasteiger charge is -2.35. The molecule has 2 atom stereocenters. The number of non-ortho nitro benzene ring substituents is 1. The fraction of sp³-hybridized carbons (Fsp3) is 0.409. The molecule has 1 amide bonds. The van der Waals surface area contributed by atoms with Crippen LogP contribution in [0.2, 0.25) is 0 Å². The van der Waals surface area contributed by atoms with Crippen molar-refractivity contribution in [2.75, 3.05) is 20.1 Å². The normalized spacial score (nSPS) is 18.2. The molecule has 3 rings (SSSR count). The predicted molar refractivity (Wildman–Crippen MR) is 109 cm³/mol. The molecule has 0 aromatic heterocycles. The van der Waals surface area contributed by atoms with Gasteiger partial charge in [0, 0.05) is 32.3 Å². The van der Waals surface area contributed by atoms with E-state index in [9.17, 15) is 19.3 Å². The maximum Gasteiger partial charge on any atom is 0.269 e. The Hall–Kier alpha value is -2.80. The van der Waals surface area contributed by atoms with Crippen molar-refractivity contribution in [1.82, 2.24) is 9.80 Å². The molecule has 1 saturated heterocycles. The highest BCUT2D eigenvalue weighted by molar-refractivity contribution is 5.79. The number of rotatable bonds is 6. The van der Waals surface area contributed by atoms with Crippen molar-refractivity contribution in [1.29, 1.82) is 0 Å². The number of likely N-dealkylation sites (tertiary alicyclic amines) is 1. The number of carbonyl (C=O) groups is 1. The molecule has 2 unspecified atom stereocenters. The lowest BCUT2D eigenvalue weighted by molar-refractivity contribution is -0.384. The Labute approximate surface area is 170 Å². The molecule has 1 aliphatic rings. The molecule has 6 nitrogen and oxygen atoms in total. The van der Waals surface area contributed by atoms with E-state index in [0.717, 1.165) is 30.5 Å². The van der Waals surface area contributed by atoms with Gasteiger partial charge in [-0.2, -0.15) is 0 Å². The SMILES string of the molecule is CC(c1cccc([N+](=O)[O-])c1)N(C)C(=O)C1CCCN(Cc2cccc(F)c2)C1. The van der Waals surface area contributed by atoms with Crippen molar-refractivity contribution < 1.29 is 14.1 Å². The van der Waals surface area contributed by atoms with E-state index < -0.39 is 4.92 Å². The smallest absolute Gasteiger partial charge is 0.269 e. The summed E-state index contributed by atoms with van der Waals surface area (Å²) in [6, 6.07) is 12.7. The molecular weight excluding hydrogens is 373 g/mol. The van der Waals surface area contributed by atoms with Gasteiger partial charge in [0.2, 0.25) is 5.91 Å². The minimum atomic E-state index is -0.427. The van der Waals surface area contributed by atoms with Crippen LogP contribution in [-0.2, 0) is 11.3 Å². The van der Waals surface area contributed by atoms with E-state index in [2.05, 4.69) is 4.90 Å². The Morgan fingerprint density at radius 3 is 2.79 bits per heavy atom. The number of halogens is 1. The lowest BCUT2D eigenvalue weighted by atomic mass is 9.95. The number of amides is 1. The second-order valence-corrected chi connectivity index (χ2v) is 7.68. The van der Waals surface area contributed by atoms with E-state index in [4.69, 9.17) is 0 Å². The number of nitro groups is 1. The van der Waals surface area contributed by atoms with Crippen LogP contribution in [0.1, 0.15) is 36.9 Å². The van der Waals surface area contributed by atoms with Gasteiger partial charge >= 0.3 is 0 Å². The second kappa shape index (κ2) is 9.13. The van der Waals surface area contributed by atoms with Crippen molar-refractivity contribution in [2.45, 2.75) is 32.4 Å². The zero-order valence-electron chi connectivity index (χ0n) is 16.8. The summed E-state index contributed by atoms with van der Waals surface area (Å²) < 4.78 is 13.4. The first-order valence-electron chi connectivity index (χ1n) is 9.83. The summed E-state index contributed by atoms with van der Waals surface area (Å²) in [5.41, 5.74) is 1.66. The van der Waals surface area contributed by atoms with Crippen LogP contribution in [0.5, 0.6) is 0 Å². The molecule has 29 heavy (non-hydrogen) atoms. The average Bonchev–Trinajstić information content (AvgIpc) is 2.72. The summed E-state index contributed by atoms with van der Waals surface area (Å²) in [4.78, 5) is 27.6. The molecule has 2 aromatic rings. The monoisotopic (exact) mass is 399 g/mol. The Morgan fingerprint density at radius 2 is 2.07 bits per heavy atom. The first-order valence-corrected chi connectivity index (χ1v) is 9.83. The first kappa shape index (κ1) is 20.9. The summed E-state index contributed by atoms with van der Waals surface area (Å²) >= 11 is 0. The Morgan fingerprint density at radius 1 is 1.31 bits per heavy atom. The number of hydrogen-bond donors (Lipinski definition) is 0. The molecule has 0 spiro atoms. The van der Waals surface area contributed by atoms with Crippen LogP contribution in [0, 0.1) is 21.8 Å². The topological polar surface area (TPSA) is 66.7 Å². The number of hydrogen-bond acceptors (Lipinski definition) is 4. The fourth-order valence-corrected chi connectivity index (χ4v) is 3.89. The van der Waals surface area contributed by atoms with E-state index >= 15 is 0 Å². The van der Waals surface area contributed by atoms with Gasteiger partial charge in [0.05, 0.1) is 16.9 Å². The molecule has 7 heteroatoms. The average molecular weight is 399 g/mol. The third kappa shape index (κ3) is 5.17. The minimum absolute atomic E-state index is 0.0223. The predicted octanol–water partition coefficient (Wildman–Crippen LogP) is 4.17. The van der Waals surface area contributed by atoms with Gasteiger partial charge in [0.15, 0.2) is 0 Å². The van der Waals surface area contributed by atoms with Crippen LogP contribution < -0.4 is 0 Å². The highest BCUT2D eigenvalue weighted by atomic mass is 19.1. The zero-order valence-corrected chi connectivity index (χ0v) is 16.8. The molecule has 0 radical (unpaired) electrons. The molecule has 1 heterocycles. The van der Waals surface area contributed by atoms with Gasteiger partial charge in [-0.25, -0.2) is 4.39 Å². The van der Waals surface area contributed by atoms with Gasteiger partial charge in [-0.1, -0.05) is 24.3 Å². The van der Waals surface area contributed by atoms with Crippen molar-refractivity contribution in [3.8, 4) is 0 Å². The molecule has 0 aliphatic carbocycles. The van der Waals surface area contributed by atoms with Crippen molar-refractivity contribution in [3.05, 3.63) is 75.6 Å². The molecule has 0 bridgehead atoms. The maximum atomic E-state index is 13.4.